The molecule has 4 nitrogen and oxygen atoms in total. The Kier molecular flexibility index (Phi) is 7.86. The zero-order chi connectivity index (χ0) is 14.1. The van der Waals surface area contributed by atoms with Gasteiger partial charge in [-0.2, -0.15) is 0 Å². The first-order valence-corrected chi connectivity index (χ1v) is 7.44. The van der Waals surface area contributed by atoms with E-state index in [4.69, 9.17) is 21.1 Å². The summed E-state index contributed by atoms with van der Waals surface area (Å²) in [7, 11) is 1.52. The number of carbonyl (C=O) groups is 1. The average Bonchev–Trinajstić information content (AvgIpc) is 2.42. The van der Waals surface area contributed by atoms with Gasteiger partial charge in [0, 0.05) is 23.5 Å². The number of benzene rings is 1. The first-order valence-electron chi connectivity index (χ1n) is 5.94. The van der Waals surface area contributed by atoms with Crippen LogP contribution in [0.3, 0.4) is 0 Å². The van der Waals surface area contributed by atoms with E-state index in [1.807, 2.05) is 0 Å². The van der Waals surface area contributed by atoms with E-state index in [1.54, 1.807) is 18.2 Å². The molecule has 0 spiro atoms. The molecule has 1 N–H and O–H groups in total. The van der Waals surface area contributed by atoms with Crippen LogP contribution in [0.5, 0.6) is 5.75 Å². The van der Waals surface area contributed by atoms with Gasteiger partial charge in [0.2, 0.25) is 0 Å². The molecule has 1 amide bonds. The van der Waals surface area contributed by atoms with E-state index in [1.165, 1.54) is 7.11 Å². The number of amides is 1. The van der Waals surface area contributed by atoms with Crippen molar-refractivity contribution in [1.29, 1.82) is 0 Å². The van der Waals surface area contributed by atoms with Gasteiger partial charge in [-0.1, -0.05) is 27.5 Å². The average molecular weight is 351 g/mol. The summed E-state index contributed by atoms with van der Waals surface area (Å²) in [5.74, 6) is 0.317. The Morgan fingerprint density at radius 2 is 2.21 bits per heavy atom. The van der Waals surface area contributed by atoms with Gasteiger partial charge >= 0.3 is 0 Å². The Labute approximate surface area is 126 Å². The van der Waals surface area contributed by atoms with Gasteiger partial charge in [0.15, 0.2) is 0 Å². The number of nitrogens with one attached hydrogen (secondary N) is 1. The summed E-state index contributed by atoms with van der Waals surface area (Å²) in [6, 6.07) is 4.96. The molecule has 1 aromatic rings. The quantitative estimate of drug-likeness (QED) is 0.579. The molecule has 0 aliphatic rings. The highest BCUT2D eigenvalue weighted by molar-refractivity contribution is 9.09. The molecule has 0 bridgehead atoms. The summed E-state index contributed by atoms with van der Waals surface area (Å²) in [5.41, 5.74) is 0.441. The second kappa shape index (κ2) is 9.18. The van der Waals surface area contributed by atoms with E-state index >= 15 is 0 Å². The van der Waals surface area contributed by atoms with Crippen molar-refractivity contribution in [3.63, 3.8) is 0 Å². The van der Waals surface area contributed by atoms with E-state index in [0.717, 1.165) is 11.8 Å². The van der Waals surface area contributed by atoms with Crippen LogP contribution in [-0.4, -0.2) is 38.1 Å². The Morgan fingerprint density at radius 3 is 2.89 bits per heavy atom. The van der Waals surface area contributed by atoms with E-state index in [-0.39, 0.29) is 5.91 Å². The Bertz CT molecular complexity index is 415. The predicted octanol–water partition coefficient (Wildman–Crippen LogP) is 2.88. The topological polar surface area (TPSA) is 47.6 Å². The van der Waals surface area contributed by atoms with Crippen molar-refractivity contribution in [2.45, 2.75) is 6.42 Å². The lowest BCUT2D eigenvalue weighted by Gasteiger charge is -2.09. The highest BCUT2D eigenvalue weighted by Gasteiger charge is 2.12. The number of rotatable bonds is 8. The molecule has 0 fully saturated rings. The number of carbonyl (C=O) groups excluding carboxylic acids is 1. The van der Waals surface area contributed by atoms with Crippen LogP contribution >= 0.6 is 27.5 Å². The van der Waals surface area contributed by atoms with Gasteiger partial charge in [-0.3, -0.25) is 4.79 Å². The lowest BCUT2D eigenvalue weighted by Crippen LogP contribution is -2.25. The fraction of sp³-hybridized carbons (Fsp3) is 0.462. The molecule has 0 atom stereocenters. The van der Waals surface area contributed by atoms with Gasteiger partial charge in [-0.15, -0.1) is 0 Å². The minimum atomic E-state index is -0.195. The number of halogens is 2. The third kappa shape index (κ3) is 5.80. The summed E-state index contributed by atoms with van der Waals surface area (Å²) in [6.07, 6.45) is 0.765. The van der Waals surface area contributed by atoms with Crippen molar-refractivity contribution in [2.75, 3.05) is 32.2 Å². The zero-order valence-electron chi connectivity index (χ0n) is 10.7. The maximum Gasteiger partial charge on any atom is 0.255 e. The van der Waals surface area contributed by atoms with Crippen LogP contribution < -0.4 is 10.1 Å². The van der Waals surface area contributed by atoms with Crippen molar-refractivity contribution in [1.82, 2.24) is 5.32 Å². The van der Waals surface area contributed by atoms with Crippen molar-refractivity contribution in [3.8, 4) is 5.75 Å². The smallest absolute Gasteiger partial charge is 0.255 e. The predicted molar refractivity (Wildman–Crippen MR) is 79.6 cm³/mol. The van der Waals surface area contributed by atoms with Crippen LogP contribution in [-0.2, 0) is 4.74 Å². The molecule has 1 aromatic carbocycles. The highest BCUT2D eigenvalue weighted by Crippen LogP contribution is 2.22. The number of methoxy groups -OCH3 is 1. The van der Waals surface area contributed by atoms with E-state index in [2.05, 4.69) is 21.2 Å². The molecular weight excluding hydrogens is 334 g/mol. The highest BCUT2D eigenvalue weighted by atomic mass is 79.9. The Balaban J connectivity index is 2.43. The third-order valence-corrected chi connectivity index (χ3v) is 2.94. The second-order valence-electron chi connectivity index (χ2n) is 3.76. The van der Waals surface area contributed by atoms with E-state index in [9.17, 15) is 4.79 Å². The van der Waals surface area contributed by atoms with Crippen LogP contribution in [0.4, 0.5) is 0 Å². The first kappa shape index (κ1) is 16.3. The minimum Gasteiger partial charge on any atom is -0.496 e. The maximum absolute atomic E-state index is 12.0. The van der Waals surface area contributed by atoms with Gasteiger partial charge < -0.3 is 14.8 Å². The van der Waals surface area contributed by atoms with Crippen LogP contribution in [0.1, 0.15) is 16.8 Å². The van der Waals surface area contributed by atoms with Crippen LogP contribution in [0.15, 0.2) is 18.2 Å². The van der Waals surface area contributed by atoms with E-state index in [0.29, 0.717) is 36.1 Å². The largest absolute Gasteiger partial charge is 0.496 e. The lowest BCUT2D eigenvalue weighted by molar-refractivity contribution is 0.0941. The molecule has 0 unspecified atom stereocenters. The first-order chi connectivity index (χ1) is 9.19. The van der Waals surface area contributed by atoms with Crippen LogP contribution in [0.25, 0.3) is 0 Å². The normalized spacial score (nSPS) is 10.3. The molecule has 19 heavy (non-hydrogen) atoms. The molecule has 0 aliphatic heterocycles. The van der Waals surface area contributed by atoms with Gasteiger partial charge in [-0.25, -0.2) is 0 Å². The zero-order valence-corrected chi connectivity index (χ0v) is 13.1. The van der Waals surface area contributed by atoms with Crippen molar-refractivity contribution < 1.29 is 14.3 Å². The summed E-state index contributed by atoms with van der Waals surface area (Å²) in [4.78, 5) is 12.0. The van der Waals surface area contributed by atoms with Gasteiger partial charge in [0.25, 0.3) is 5.91 Å². The summed E-state index contributed by atoms with van der Waals surface area (Å²) < 4.78 is 10.4. The molecule has 0 saturated heterocycles. The minimum absolute atomic E-state index is 0.195. The van der Waals surface area contributed by atoms with Crippen LogP contribution in [0, 0.1) is 0 Å². The number of hydrogen-bond donors (Lipinski definition) is 1. The summed E-state index contributed by atoms with van der Waals surface area (Å²) in [5, 5.41) is 4.13. The van der Waals surface area contributed by atoms with Crippen molar-refractivity contribution >= 4 is 33.4 Å². The molecule has 6 heteroatoms. The molecule has 1 rings (SSSR count). The Morgan fingerprint density at radius 1 is 1.42 bits per heavy atom. The van der Waals surface area contributed by atoms with Gasteiger partial charge in [-0.05, 0) is 24.6 Å². The Hall–Kier alpha value is -0.780. The lowest BCUT2D eigenvalue weighted by atomic mass is 10.2. The van der Waals surface area contributed by atoms with Crippen LogP contribution in [0.2, 0.25) is 5.02 Å². The number of ether oxygens (including phenoxy) is 2. The summed E-state index contributed by atoms with van der Waals surface area (Å²) >= 11 is 9.15. The van der Waals surface area contributed by atoms with E-state index < -0.39 is 0 Å². The number of hydrogen-bond acceptors (Lipinski definition) is 3. The molecule has 0 heterocycles. The fourth-order valence-corrected chi connectivity index (χ4v) is 1.89. The fourth-order valence-electron chi connectivity index (χ4n) is 1.49. The third-order valence-electron chi connectivity index (χ3n) is 2.38. The monoisotopic (exact) mass is 349 g/mol. The van der Waals surface area contributed by atoms with Gasteiger partial charge in [0.05, 0.1) is 19.3 Å². The van der Waals surface area contributed by atoms with Crippen molar-refractivity contribution in [2.24, 2.45) is 0 Å². The molecule has 0 aliphatic carbocycles. The molecule has 0 saturated carbocycles. The second-order valence-corrected chi connectivity index (χ2v) is 4.98. The SMILES string of the molecule is COc1ccc(Cl)cc1C(=O)NCCCOCCBr. The molecule has 0 aromatic heterocycles. The maximum atomic E-state index is 12.0. The summed E-state index contributed by atoms with van der Waals surface area (Å²) in [6.45, 7) is 1.85. The molecular formula is C13H17BrClNO3. The molecule has 0 radical (unpaired) electrons. The van der Waals surface area contributed by atoms with Crippen molar-refractivity contribution in [3.05, 3.63) is 28.8 Å². The number of alkyl halides is 1. The molecule has 106 valence electrons. The standard InChI is InChI=1S/C13H17BrClNO3/c1-18-12-4-3-10(15)9-11(12)13(17)16-6-2-7-19-8-5-14/h3-4,9H,2,5-8H2,1H3,(H,16,17). The van der Waals surface area contributed by atoms with Gasteiger partial charge in [0.1, 0.15) is 5.75 Å².